The molecule has 2 aromatic rings. The van der Waals surface area contributed by atoms with Crippen LogP contribution in [0.4, 0.5) is 4.39 Å². The van der Waals surface area contributed by atoms with Crippen molar-refractivity contribution < 1.29 is 17.5 Å². The van der Waals surface area contributed by atoms with Crippen LogP contribution in [0.25, 0.3) is 0 Å². The highest BCUT2D eigenvalue weighted by molar-refractivity contribution is 7.88. The molecule has 4 nitrogen and oxygen atoms in total. The molecular formula is C17H19ClFNO3S. The van der Waals surface area contributed by atoms with E-state index in [0.29, 0.717) is 12.8 Å². The molecule has 2 aromatic carbocycles. The predicted molar refractivity (Wildman–Crippen MR) is 93.4 cm³/mol. The third-order valence-electron chi connectivity index (χ3n) is 3.49. The van der Waals surface area contributed by atoms with E-state index in [1.807, 2.05) is 24.3 Å². The van der Waals surface area contributed by atoms with E-state index < -0.39 is 21.6 Å². The molecule has 0 aliphatic heterocycles. The second-order valence-corrected chi connectivity index (χ2v) is 7.52. The Bertz CT molecular complexity index is 776. The van der Waals surface area contributed by atoms with E-state index in [4.69, 9.17) is 16.3 Å². The van der Waals surface area contributed by atoms with E-state index >= 15 is 0 Å². The zero-order valence-corrected chi connectivity index (χ0v) is 14.8. The molecule has 0 heterocycles. The van der Waals surface area contributed by atoms with Gasteiger partial charge in [0.15, 0.2) is 0 Å². The van der Waals surface area contributed by atoms with Crippen molar-refractivity contribution in [1.29, 1.82) is 0 Å². The number of ether oxygens (including phenoxy) is 1. The van der Waals surface area contributed by atoms with E-state index in [1.165, 1.54) is 18.2 Å². The lowest BCUT2D eigenvalue weighted by atomic mass is 10.1. The third-order valence-corrected chi connectivity index (χ3v) is 5.16. The van der Waals surface area contributed by atoms with E-state index in [0.717, 1.165) is 11.3 Å². The highest BCUT2D eigenvalue weighted by Gasteiger charge is 2.16. The van der Waals surface area contributed by atoms with Crippen LogP contribution in [0, 0.1) is 5.82 Å². The van der Waals surface area contributed by atoms with Gasteiger partial charge in [-0.25, -0.2) is 17.5 Å². The molecule has 0 bridgehead atoms. The molecule has 0 radical (unpaired) electrons. The van der Waals surface area contributed by atoms with Gasteiger partial charge in [-0.1, -0.05) is 29.8 Å². The van der Waals surface area contributed by atoms with Crippen LogP contribution in [0.3, 0.4) is 0 Å². The van der Waals surface area contributed by atoms with Gasteiger partial charge in [0.05, 0.1) is 12.9 Å². The number of benzene rings is 2. The summed E-state index contributed by atoms with van der Waals surface area (Å²) in [4.78, 5) is 0. The van der Waals surface area contributed by atoms with Crippen molar-refractivity contribution in [2.24, 2.45) is 0 Å². The molecule has 0 aromatic heterocycles. The molecule has 7 heteroatoms. The molecule has 0 fully saturated rings. The lowest BCUT2D eigenvalue weighted by Crippen LogP contribution is -2.27. The van der Waals surface area contributed by atoms with Gasteiger partial charge in [0.1, 0.15) is 11.6 Å². The predicted octanol–water partition coefficient (Wildman–Crippen LogP) is 3.54. The van der Waals surface area contributed by atoms with Crippen molar-refractivity contribution >= 4 is 21.6 Å². The van der Waals surface area contributed by atoms with Crippen LogP contribution in [-0.4, -0.2) is 22.1 Å². The Kier molecular flexibility index (Phi) is 6.60. The fourth-order valence-electron chi connectivity index (χ4n) is 2.26. The van der Waals surface area contributed by atoms with Gasteiger partial charge in [-0.05, 0) is 42.7 Å². The van der Waals surface area contributed by atoms with E-state index in [2.05, 4.69) is 4.72 Å². The van der Waals surface area contributed by atoms with Crippen molar-refractivity contribution in [3.05, 3.63) is 64.4 Å². The minimum atomic E-state index is -3.65. The van der Waals surface area contributed by atoms with Crippen molar-refractivity contribution in [2.75, 3.05) is 13.7 Å². The van der Waals surface area contributed by atoms with Gasteiger partial charge in [-0.3, -0.25) is 0 Å². The number of halogens is 2. The first-order valence-electron chi connectivity index (χ1n) is 7.44. The number of rotatable bonds is 8. The van der Waals surface area contributed by atoms with Gasteiger partial charge in [-0.2, -0.15) is 0 Å². The third kappa shape index (κ3) is 5.47. The zero-order chi connectivity index (χ0) is 17.6. The highest BCUT2D eigenvalue weighted by atomic mass is 35.5. The van der Waals surface area contributed by atoms with E-state index in [1.54, 1.807) is 7.11 Å². The number of hydrogen-bond acceptors (Lipinski definition) is 3. The van der Waals surface area contributed by atoms with Crippen molar-refractivity contribution in [3.63, 3.8) is 0 Å². The van der Waals surface area contributed by atoms with Crippen molar-refractivity contribution in [1.82, 2.24) is 4.72 Å². The highest BCUT2D eigenvalue weighted by Crippen LogP contribution is 2.21. The van der Waals surface area contributed by atoms with E-state index in [-0.39, 0.29) is 17.1 Å². The average Bonchev–Trinajstić information content (AvgIpc) is 2.55. The zero-order valence-electron chi connectivity index (χ0n) is 13.3. The van der Waals surface area contributed by atoms with Crippen LogP contribution in [-0.2, 0) is 22.2 Å². The molecule has 0 aliphatic carbocycles. The number of nitrogens with one attached hydrogen (secondary N) is 1. The first-order valence-corrected chi connectivity index (χ1v) is 9.47. The SMILES string of the molecule is COc1cccc(CCCNS(=O)(=O)Cc2c(F)cccc2Cl)c1. The summed E-state index contributed by atoms with van der Waals surface area (Å²) in [6, 6.07) is 11.7. The van der Waals surface area contributed by atoms with Crippen LogP contribution >= 0.6 is 11.6 Å². The number of methoxy groups -OCH3 is 1. The number of sulfonamides is 1. The molecule has 0 atom stereocenters. The topological polar surface area (TPSA) is 55.4 Å². The lowest BCUT2D eigenvalue weighted by molar-refractivity contribution is 0.414. The molecule has 0 saturated heterocycles. The van der Waals surface area contributed by atoms with Crippen LogP contribution in [0.1, 0.15) is 17.5 Å². The summed E-state index contributed by atoms with van der Waals surface area (Å²) < 4.78 is 45.4. The second-order valence-electron chi connectivity index (χ2n) is 5.31. The summed E-state index contributed by atoms with van der Waals surface area (Å²) in [5, 5.41) is 0.108. The molecule has 0 spiro atoms. The maximum atomic E-state index is 13.7. The Labute approximate surface area is 146 Å². The molecule has 0 aliphatic rings. The van der Waals surface area contributed by atoms with Crippen molar-refractivity contribution in [2.45, 2.75) is 18.6 Å². The molecule has 1 N–H and O–H groups in total. The standard InChI is InChI=1S/C17H19ClFNO3S/c1-23-14-7-2-5-13(11-14)6-4-10-20-24(21,22)12-15-16(18)8-3-9-17(15)19/h2-3,5,7-9,11,20H,4,6,10,12H2,1H3. The minimum Gasteiger partial charge on any atom is -0.497 e. The monoisotopic (exact) mass is 371 g/mol. The largest absolute Gasteiger partial charge is 0.497 e. The van der Waals surface area contributed by atoms with Crippen LogP contribution in [0.15, 0.2) is 42.5 Å². The van der Waals surface area contributed by atoms with Gasteiger partial charge in [0.2, 0.25) is 10.0 Å². The van der Waals surface area contributed by atoms with Gasteiger partial charge < -0.3 is 4.74 Å². The van der Waals surface area contributed by atoms with Crippen molar-refractivity contribution in [3.8, 4) is 5.75 Å². The first-order chi connectivity index (χ1) is 11.4. The lowest BCUT2D eigenvalue weighted by Gasteiger charge is -2.09. The summed E-state index contributed by atoms with van der Waals surface area (Å²) in [6.07, 6.45) is 1.33. The Morgan fingerprint density at radius 2 is 1.96 bits per heavy atom. The minimum absolute atomic E-state index is 0.0144. The molecule has 0 unspecified atom stereocenters. The molecule has 0 amide bonds. The van der Waals surface area contributed by atoms with Crippen LogP contribution in [0.5, 0.6) is 5.75 Å². The van der Waals surface area contributed by atoms with Crippen LogP contribution in [0.2, 0.25) is 5.02 Å². The maximum Gasteiger partial charge on any atom is 0.215 e. The number of aryl methyl sites for hydroxylation is 1. The van der Waals surface area contributed by atoms with E-state index in [9.17, 15) is 12.8 Å². The first kappa shape index (κ1) is 18.7. The number of hydrogen-bond donors (Lipinski definition) is 1. The maximum absolute atomic E-state index is 13.7. The molecule has 24 heavy (non-hydrogen) atoms. The summed E-state index contributed by atoms with van der Waals surface area (Å²) in [5.74, 6) is -0.330. The Hall–Kier alpha value is -1.63. The Morgan fingerprint density at radius 3 is 2.67 bits per heavy atom. The summed E-state index contributed by atoms with van der Waals surface area (Å²) in [5.41, 5.74) is 1.05. The molecule has 2 rings (SSSR count). The Morgan fingerprint density at radius 1 is 1.21 bits per heavy atom. The fraction of sp³-hybridized carbons (Fsp3) is 0.294. The van der Waals surface area contributed by atoms with Crippen LogP contribution < -0.4 is 9.46 Å². The fourth-order valence-corrected chi connectivity index (χ4v) is 3.80. The van der Waals surface area contributed by atoms with Gasteiger partial charge in [0.25, 0.3) is 0 Å². The molecule has 0 saturated carbocycles. The van der Waals surface area contributed by atoms with Gasteiger partial charge in [0, 0.05) is 17.1 Å². The molecule has 130 valence electrons. The summed E-state index contributed by atoms with van der Waals surface area (Å²) >= 11 is 5.86. The normalized spacial score (nSPS) is 11.5. The summed E-state index contributed by atoms with van der Waals surface area (Å²) in [6.45, 7) is 0.269. The molecular weight excluding hydrogens is 353 g/mol. The van der Waals surface area contributed by atoms with Gasteiger partial charge in [-0.15, -0.1) is 0 Å². The second kappa shape index (κ2) is 8.46. The smallest absolute Gasteiger partial charge is 0.215 e. The average molecular weight is 372 g/mol. The quantitative estimate of drug-likeness (QED) is 0.722. The Balaban J connectivity index is 1.86. The van der Waals surface area contributed by atoms with Gasteiger partial charge >= 0.3 is 0 Å². The summed E-state index contributed by atoms with van der Waals surface area (Å²) in [7, 11) is -2.05.